The fraction of sp³-hybridized carbons (Fsp3) is 0.471. The second-order valence-electron chi connectivity index (χ2n) is 6.04. The third-order valence-electron chi connectivity index (χ3n) is 4.03. The maximum Gasteiger partial charge on any atom is 0.182 e. The molecule has 0 radical (unpaired) electrons. The number of hydrogen-bond donors (Lipinski definition) is 1. The normalized spacial score (nSPS) is 14.0. The van der Waals surface area contributed by atoms with Crippen LogP contribution in [0.4, 0.5) is 11.6 Å². The molecule has 3 rings (SSSR count). The van der Waals surface area contributed by atoms with E-state index in [0.717, 1.165) is 36.1 Å². The van der Waals surface area contributed by atoms with Crippen molar-refractivity contribution in [2.24, 2.45) is 5.92 Å². The van der Waals surface area contributed by atoms with Crippen molar-refractivity contribution in [3.63, 3.8) is 0 Å². The van der Waals surface area contributed by atoms with Gasteiger partial charge in [0.15, 0.2) is 5.82 Å². The van der Waals surface area contributed by atoms with Crippen molar-refractivity contribution in [3.05, 3.63) is 30.0 Å². The fourth-order valence-corrected chi connectivity index (χ4v) is 2.34. The second kappa shape index (κ2) is 6.91. The molecule has 6 nitrogen and oxygen atoms in total. The molecule has 1 fully saturated rings. The molecule has 2 heterocycles. The average Bonchev–Trinajstić information content (AvgIpc) is 3.39. The number of likely N-dealkylation sites (N-methyl/N-ethyl adjacent to an activating group) is 1. The van der Waals surface area contributed by atoms with Crippen molar-refractivity contribution in [1.29, 1.82) is 0 Å². The lowest BCUT2D eigenvalue weighted by Gasteiger charge is -2.21. The predicted octanol–water partition coefficient (Wildman–Crippen LogP) is 2.29. The topological polar surface area (TPSA) is 77.2 Å². The van der Waals surface area contributed by atoms with Crippen LogP contribution in [0.15, 0.2) is 24.4 Å². The first-order valence-electron chi connectivity index (χ1n) is 7.99. The van der Waals surface area contributed by atoms with Gasteiger partial charge in [-0.1, -0.05) is 6.07 Å². The molecule has 2 aromatic rings. The third kappa shape index (κ3) is 3.96. The summed E-state index contributed by atoms with van der Waals surface area (Å²) in [6.07, 6.45) is 4.35. The summed E-state index contributed by atoms with van der Waals surface area (Å²) in [4.78, 5) is 15.4. The first kappa shape index (κ1) is 15.7. The maximum absolute atomic E-state index is 6.06. The van der Waals surface area contributed by atoms with Crippen molar-refractivity contribution in [2.75, 3.05) is 37.4 Å². The number of nitrogens with two attached hydrogens (primary N) is 1. The molecule has 0 spiro atoms. The first-order valence-corrected chi connectivity index (χ1v) is 7.99. The van der Waals surface area contributed by atoms with E-state index in [9.17, 15) is 0 Å². The maximum atomic E-state index is 6.06. The van der Waals surface area contributed by atoms with Gasteiger partial charge in [-0.15, -0.1) is 0 Å². The molecule has 6 heteroatoms. The minimum Gasteiger partial charge on any atom is -0.383 e. The van der Waals surface area contributed by atoms with E-state index in [1.165, 1.54) is 12.8 Å². The lowest BCUT2D eigenvalue weighted by Crippen LogP contribution is -2.25. The van der Waals surface area contributed by atoms with Gasteiger partial charge in [-0.3, -0.25) is 4.98 Å². The SMILES string of the molecule is Cc1c(N)nc(-c2ccccn2)nc1N(C)CCOCC1CC1. The fourth-order valence-electron chi connectivity index (χ4n) is 2.34. The predicted molar refractivity (Wildman–Crippen MR) is 91.2 cm³/mol. The molecule has 0 aromatic carbocycles. The van der Waals surface area contributed by atoms with Crippen LogP contribution >= 0.6 is 0 Å². The minimum atomic E-state index is 0.487. The summed E-state index contributed by atoms with van der Waals surface area (Å²) in [7, 11) is 2.00. The van der Waals surface area contributed by atoms with Crippen LogP contribution in [0.1, 0.15) is 18.4 Å². The molecule has 122 valence electrons. The highest BCUT2D eigenvalue weighted by molar-refractivity contribution is 5.62. The zero-order chi connectivity index (χ0) is 16.2. The van der Waals surface area contributed by atoms with Crippen LogP contribution in [-0.4, -0.2) is 41.8 Å². The molecule has 0 atom stereocenters. The third-order valence-corrected chi connectivity index (χ3v) is 4.03. The Morgan fingerprint density at radius 2 is 2.13 bits per heavy atom. The molecule has 0 saturated heterocycles. The summed E-state index contributed by atoms with van der Waals surface area (Å²) in [6.45, 7) is 4.27. The number of hydrogen-bond acceptors (Lipinski definition) is 6. The lowest BCUT2D eigenvalue weighted by atomic mass is 10.2. The van der Waals surface area contributed by atoms with E-state index in [2.05, 4.69) is 19.9 Å². The zero-order valence-corrected chi connectivity index (χ0v) is 13.7. The highest BCUT2D eigenvalue weighted by Crippen LogP contribution is 2.29. The van der Waals surface area contributed by atoms with Crippen LogP contribution in [0.25, 0.3) is 11.5 Å². The van der Waals surface area contributed by atoms with Crippen molar-refractivity contribution in [2.45, 2.75) is 19.8 Å². The number of ether oxygens (including phenoxy) is 1. The van der Waals surface area contributed by atoms with Gasteiger partial charge >= 0.3 is 0 Å². The molecule has 1 aliphatic rings. The number of aromatic nitrogens is 3. The zero-order valence-electron chi connectivity index (χ0n) is 13.7. The molecule has 1 saturated carbocycles. The van der Waals surface area contributed by atoms with Gasteiger partial charge in [0.1, 0.15) is 17.3 Å². The summed E-state index contributed by atoms with van der Waals surface area (Å²) in [5, 5.41) is 0. The quantitative estimate of drug-likeness (QED) is 0.790. The molecule has 0 amide bonds. The molecule has 23 heavy (non-hydrogen) atoms. The molecule has 0 unspecified atom stereocenters. The van der Waals surface area contributed by atoms with E-state index in [-0.39, 0.29) is 0 Å². The van der Waals surface area contributed by atoms with Crippen LogP contribution in [-0.2, 0) is 4.74 Å². The van der Waals surface area contributed by atoms with Gasteiger partial charge in [-0.2, -0.15) is 0 Å². The monoisotopic (exact) mass is 313 g/mol. The summed E-state index contributed by atoms with van der Waals surface area (Å²) >= 11 is 0. The van der Waals surface area contributed by atoms with E-state index >= 15 is 0 Å². The number of nitrogens with zero attached hydrogens (tertiary/aromatic N) is 4. The Hall–Kier alpha value is -2.21. The smallest absolute Gasteiger partial charge is 0.182 e. The van der Waals surface area contributed by atoms with Crippen LogP contribution in [0.3, 0.4) is 0 Å². The van der Waals surface area contributed by atoms with Crippen molar-refractivity contribution in [3.8, 4) is 11.5 Å². The Bertz CT molecular complexity index is 658. The Morgan fingerprint density at radius 3 is 2.83 bits per heavy atom. The van der Waals surface area contributed by atoms with Gasteiger partial charge < -0.3 is 15.4 Å². The van der Waals surface area contributed by atoms with Crippen LogP contribution in [0.5, 0.6) is 0 Å². The summed E-state index contributed by atoms with van der Waals surface area (Å²) in [6, 6.07) is 5.66. The number of nitrogen functional groups attached to an aromatic ring is 1. The van der Waals surface area contributed by atoms with E-state index in [1.54, 1.807) is 6.20 Å². The Balaban J connectivity index is 1.72. The molecule has 2 aromatic heterocycles. The van der Waals surface area contributed by atoms with Crippen molar-refractivity contribution >= 4 is 11.6 Å². The number of pyridine rings is 1. The standard InChI is InChI=1S/C17H23N5O/c1-12-15(18)20-16(14-5-3-4-8-19-14)21-17(12)22(2)9-10-23-11-13-6-7-13/h3-5,8,13H,6-7,9-11H2,1-2H3,(H2,18,20,21). The van der Waals surface area contributed by atoms with Gasteiger partial charge in [0, 0.05) is 32.0 Å². The van der Waals surface area contributed by atoms with E-state index < -0.39 is 0 Å². The van der Waals surface area contributed by atoms with E-state index in [4.69, 9.17) is 10.5 Å². The second-order valence-corrected chi connectivity index (χ2v) is 6.04. The minimum absolute atomic E-state index is 0.487. The van der Waals surface area contributed by atoms with Gasteiger partial charge in [0.25, 0.3) is 0 Å². The Kier molecular flexibility index (Phi) is 4.71. The average molecular weight is 313 g/mol. The Labute approximate surface area is 136 Å². The Morgan fingerprint density at radius 1 is 1.30 bits per heavy atom. The highest BCUT2D eigenvalue weighted by atomic mass is 16.5. The van der Waals surface area contributed by atoms with Gasteiger partial charge in [-0.05, 0) is 37.8 Å². The molecule has 1 aliphatic carbocycles. The van der Waals surface area contributed by atoms with Crippen molar-refractivity contribution < 1.29 is 4.74 Å². The van der Waals surface area contributed by atoms with Crippen LogP contribution in [0, 0.1) is 12.8 Å². The largest absolute Gasteiger partial charge is 0.383 e. The highest BCUT2D eigenvalue weighted by Gasteiger charge is 2.21. The van der Waals surface area contributed by atoms with Crippen LogP contribution in [0.2, 0.25) is 0 Å². The van der Waals surface area contributed by atoms with E-state index in [0.29, 0.717) is 18.2 Å². The molecular weight excluding hydrogens is 290 g/mol. The molecule has 0 bridgehead atoms. The molecular formula is C17H23N5O. The summed E-state index contributed by atoms with van der Waals surface area (Å²) in [5.74, 6) is 2.65. The van der Waals surface area contributed by atoms with Gasteiger partial charge in [0.2, 0.25) is 0 Å². The molecule has 2 N–H and O–H groups in total. The van der Waals surface area contributed by atoms with Crippen molar-refractivity contribution in [1.82, 2.24) is 15.0 Å². The number of rotatable bonds is 7. The summed E-state index contributed by atoms with van der Waals surface area (Å²) < 4.78 is 5.71. The summed E-state index contributed by atoms with van der Waals surface area (Å²) in [5.41, 5.74) is 7.67. The first-order chi connectivity index (χ1) is 11.1. The molecule has 0 aliphatic heterocycles. The number of anilines is 2. The van der Waals surface area contributed by atoms with Crippen LogP contribution < -0.4 is 10.6 Å². The van der Waals surface area contributed by atoms with Gasteiger partial charge in [-0.25, -0.2) is 9.97 Å². The van der Waals surface area contributed by atoms with Gasteiger partial charge in [0.05, 0.1) is 6.61 Å². The van der Waals surface area contributed by atoms with E-state index in [1.807, 2.05) is 32.2 Å². The lowest BCUT2D eigenvalue weighted by molar-refractivity contribution is 0.131.